The standard InChI is InChI=1S/C24H28N4O3/c29-23(28-31)7-4-14-25-21-11-8-19(9-12-21)20-10-13-22(26-17-20)15-24(30)27-16-18-5-2-1-3-6-18/h1-3,5-6,8-13,17,24-25,27,30-31H,4,7,14-16H2,(H,28,29). The molecule has 1 heterocycles. The van der Waals surface area contributed by atoms with Crippen LogP contribution >= 0.6 is 0 Å². The largest absolute Gasteiger partial charge is 0.385 e. The second-order valence-electron chi connectivity index (χ2n) is 7.27. The first kappa shape index (κ1) is 22.4. The van der Waals surface area contributed by atoms with Crippen LogP contribution in [0.4, 0.5) is 5.69 Å². The van der Waals surface area contributed by atoms with Gasteiger partial charge in [-0.15, -0.1) is 0 Å². The summed E-state index contributed by atoms with van der Waals surface area (Å²) in [5, 5.41) is 25.0. The summed E-state index contributed by atoms with van der Waals surface area (Å²) in [6, 6.07) is 21.9. The van der Waals surface area contributed by atoms with E-state index < -0.39 is 6.23 Å². The molecule has 0 aliphatic heterocycles. The molecule has 0 aliphatic carbocycles. The van der Waals surface area contributed by atoms with Gasteiger partial charge in [-0.2, -0.15) is 0 Å². The van der Waals surface area contributed by atoms with E-state index in [9.17, 15) is 9.90 Å². The Bertz CT molecular complexity index is 931. The highest BCUT2D eigenvalue weighted by Gasteiger charge is 2.07. The zero-order valence-corrected chi connectivity index (χ0v) is 17.3. The van der Waals surface area contributed by atoms with Crippen LogP contribution in [0, 0.1) is 0 Å². The number of aromatic nitrogens is 1. The number of pyridine rings is 1. The number of aliphatic hydroxyl groups is 1. The summed E-state index contributed by atoms with van der Waals surface area (Å²) >= 11 is 0. The molecular weight excluding hydrogens is 392 g/mol. The third-order valence-electron chi connectivity index (χ3n) is 4.86. The van der Waals surface area contributed by atoms with Crippen molar-refractivity contribution in [2.24, 2.45) is 0 Å². The summed E-state index contributed by atoms with van der Waals surface area (Å²) in [4.78, 5) is 15.5. The second kappa shape index (κ2) is 11.8. The number of amides is 1. The van der Waals surface area contributed by atoms with Crippen molar-refractivity contribution in [3.63, 3.8) is 0 Å². The molecule has 0 aliphatic rings. The molecule has 0 radical (unpaired) electrons. The van der Waals surface area contributed by atoms with Crippen LogP contribution in [0.5, 0.6) is 0 Å². The number of carbonyl (C=O) groups excluding carboxylic acids is 1. The minimum Gasteiger partial charge on any atom is -0.385 e. The van der Waals surface area contributed by atoms with Crippen molar-refractivity contribution < 1.29 is 15.1 Å². The minimum absolute atomic E-state index is 0.274. The van der Waals surface area contributed by atoms with Crippen LogP contribution in [-0.2, 0) is 17.8 Å². The SMILES string of the molecule is O=C(CCCNc1ccc(-c2ccc(CC(O)NCc3ccccc3)nc2)cc1)NO. The number of benzene rings is 2. The lowest BCUT2D eigenvalue weighted by molar-refractivity contribution is -0.129. The lowest BCUT2D eigenvalue weighted by atomic mass is 10.1. The molecule has 3 aromatic rings. The Morgan fingerprint density at radius 2 is 1.71 bits per heavy atom. The number of hydrogen-bond acceptors (Lipinski definition) is 6. The molecule has 2 aromatic carbocycles. The molecule has 7 heteroatoms. The summed E-state index contributed by atoms with van der Waals surface area (Å²) in [5.41, 5.74) is 6.58. The van der Waals surface area contributed by atoms with Crippen molar-refractivity contribution in [3.05, 3.63) is 84.2 Å². The fourth-order valence-corrected chi connectivity index (χ4v) is 3.14. The van der Waals surface area contributed by atoms with Crippen LogP contribution in [0.2, 0.25) is 0 Å². The molecule has 0 spiro atoms. The second-order valence-corrected chi connectivity index (χ2v) is 7.27. The highest BCUT2D eigenvalue weighted by Crippen LogP contribution is 2.21. The molecular formula is C24H28N4O3. The first-order valence-corrected chi connectivity index (χ1v) is 10.3. The predicted molar refractivity (Wildman–Crippen MR) is 120 cm³/mol. The van der Waals surface area contributed by atoms with E-state index in [2.05, 4.69) is 15.6 Å². The van der Waals surface area contributed by atoms with Gasteiger partial charge in [0.15, 0.2) is 0 Å². The number of nitrogens with zero attached hydrogens (tertiary/aromatic N) is 1. The smallest absolute Gasteiger partial charge is 0.243 e. The van der Waals surface area contributed by atoms with Gasteiger partial charge < -0.3 is 10.4 Å². The number of hydrogen-bond donors (Lipinski definition) is 5. The Labute approximate surface area is 182 Å². The zero-order valence-electron chi connectivity index (χ0n) is 17.3. The summed E-state index contributed by atoms with van der Waals surface area (Å²) in [7, 11) is 0. The lowest BCUT2D eigenvalue weighted by Crippen LogP contribution is -2.30. The molecule has 31 heavy (non-hydrogen) atoms. The van der Waals surface area contributed by atoms with Crippen LogP contribution in [0.15, 0.2) is 72.9 Å². The first-order valence-electron chi connectivity index (χ1n) is 10.3. The molecule has 1 unspecified atom stereocenters. The van der Waals surface area contributed by atoms with Gasteiger partial charge in [-0.25, -0.2) is 5.48 Å². The molecule has 1 amide bonds. The quantitative estimate of drug-likeness (QED) is 0.141. The van der Waals surface area contributed by atoms with E-state index in [-0.39, 0.29) is 12.3 Å². The van der Waals surface area contributed by atoms with E-state index in [4.69, 9.17) is 5.21 Å². The predicted octanol–water partition coefficient (Wildman–Crippen LogP) is 3.10. The van der Waals surface area contributed by atoms with Crippen LogP contribution in [0.3, 0.4) is 0 Å². The van der Waals surface area contributed by atoms with E-state index in [0.717, 1.165) is 28.1 Å². The topological polar surface area (TPSA) is 107 Å². The molecule has 0 saturated heterocycles. The fraction of sp³-hybridized carbons (Fsp3) is 0.250. The molecule has 0 bridgehead atoms. The van der Waals surface area contributed by atoms with Crippen LogP contribution < -0.4 is 16.1 Å². The van der Waals surface area contributed by atoms with Crippen LogP contribution in [0.25, 0.3) is 11.1 Å². The summed E-state index contributed by atoms with van der Waals surface area (Å²) in [5.74, 6) is -0.382. The number of rotatable bonds is 11. The highest BCUT2D eigenvalue weighted by atomic mass is 16.5. The van der Waals surface area contributed by atoms with Crippen LogP contribution in [0.1, 0.15) is 24.1 Å². The summed E-state index contributed by atoms with van der Waals surface area (Å²) in [6.45, 7) is 1.25. The Kier molecular flexibility index (Phi) is 8.54. The first-order chi connectivity index (χ1) is 15.1. The van der Waals surface area contributed by atoms with Crippen molar-refractivity contribution in [3.8, 4) is 11.1 Å². The Balaban J connectivity index is 1.46. The number of carbonyl (C=O) groups is 1. The minimum atomic E-state index is -0.660. The zero-order chi connectivity index (χ0) is 21.9. The molecule has 0 saturated carbocycles. The average Bonchev–Trinajstić information content (AvgIpc) is 2.82. The van der Waals surface area contributed by atoms with E-state index in [0.29, 0.717) is 25.9 Å². The lowest BCUT2D eigenvalue weighted by Gasteiger charge is -2.13. The number of anilines is 1. The molecule has 5 N–H and O–H groups in total. The van der Waals surface area contributed by atoms with Gasteiger partial charge in [0, 0.05) is 49.1 Å². The Hall–Kier alpha value is -3.26. The molecule has 1 atom stereocenters. The maximum absolute atomic E-state index is 11.0. The third-order valence-corrected chi connectivity index (χ3v) is 4.86. The van der Waals surface area contributed by atoms with Gasteiger partial charge in [0.05, 0.1) is 0 Å². The Morgan fingerprint density at radius 1 is 0.968 bits per heavy atom. The van der Waals surface area contributed by atoms with Gasteiger partial charge in [-0.05, 0) is 35.7 Å². The normalized spacial score (nSPS) is 11.7. The number of nitrogens with one attached hydrogen (secondary N) is 3. The maximum Gasteiger partial charge on any atom is 0.243 e. The number of aliphatic hydroxyl groups excluding tert-OH is 1. The molecule has 162 valence electrons. The van der Waals surface area contributed by atoms with Gasteiger partial charge >= 0.3 is 0 Å². The van der Waals surface area contributed by atoms with Gasteiger partial charge in [0.2, 0.25) is 5.91 Å². The number of hydroxylamine groups is 1. The fourth-order valence-electron chi connectivity index (χ4n) is 3.14. The van der Waals surface area contributed by atoms with Crippen molar-refractivity contribution in [2.45, 2.75) is 32.0 Å². The van der Waals surface area contributed by atoms with E-state index in [1.807, 2.05) is 72.9 Å². The van der Waals surface area contributed by atoms with Gasteiger partial charge in [0.1, 0.15) is 6.23 Å². The summed E-state index contributed by atoms with van der Waals surface area (Å²) < 4.78 is 0. The molecule has 3 rings (SSSR count). The van der Waals surface area contributed by atoms with Crippen molar-refractivity contribution in [1.82, 2.24) is 15.8 Å². The monoisotopic (exact) mass is 420 g/mol. The van der Waals surface area contributed by atoms with Gasteiger partial charge in [-0.1, -0.05) is 48.5 Å². The van der Waals surface area contributed by atoms with Gasteiger partial charge in [0.25, 0.3) is 0 Å². The van der Waals surface area contributed by atoms with Crippen LogP contribution in [-0.4, -0.2) is 34.0 Å². The van der Waals surface area contributed by atoms with E-state index in [1.165, 1.54) is 0 Å². The highest BCUT2D eigenvalue weighted by molar-refractivity contribution is 5.74. The average molecular weight is 421 g/mol. The van der Waals surface area contributed by atoms with Crippen molar-refractivity contribution >= 4 is 11.6 Å². The van der Waals surface area contributed by atoms with Crippen molar-refractivity contribution in [2.75, 3.05) is 11.9 Å². The summed E-state index contributed by atoms with van der Waals surface area (Å²) in [6.07, 6.45) is 2.49. The van der Waals surface area contributed by atoms with E-state index >= 15 is 0 Å². The maximum atomic E-state index is 11.0. The van der Waals surface area contributed by atoms with Gasteiger partial charge in [-0.3, -0.25) is 20.3 Å². The molecule has 1 aromatic heterocycles. The molecule has 7 nitrogen and oxygen atoms in total. The Morgan fingerprint density at radius 3 is 2.39 bits per heavy atom. The molecule has 0 fully saturated rings. The third kappa shape index (κ3) is 7.49. The van der Waals surface area contributed by atoms with E-state index in [1.54, 1.807) is 5.48 Å². The van der Waals surface area contributed by atoms with Crippen molar-refractivity contribution in [1.29, 1.82) is 0 Å².